The maximum atomic E-state index is 8.78. The highest BCUT2D eigenvalue weighted by Crippen LogP contribution is 2.18. The SMILES string of the molecule is CN(C)C(C)(C)CNc1ccc(C#N)c(N)c1. The van der Waals surface area contributed by atoms with E-state index in [0.717, 1.165) is 12.2 Å². The molecule has 0 amide bonds. The Morgan fingerprint density at radius 2 is 2.06 bits per heavy atom. The number of nitriles is 1. The highest BCUT2D eigenvalue weighted by Gasteiger charge is 2.19. The number of nitrogens with two attached hydrogens (primary N) is 1. The number of rotatable bonds is 4. The van der Waals surface area contributed by atoms with Gasteiger partial charge in [0.1, 0.15) is 6.07 Å². The van der Waals surface area contributed by atoms with Crippen LogP contribution in [0.25, 0.3) is 0 Å². The summed E-state index contributed by atoms with van der Waals surface area (Å²) in [7, 11) is 4.10. The second kappa shape index (κ2) is 5.07. The summed E-state index contributed by atoms with van der Waals surface area (Å²) >= 11 is 0. The highest BCUT2D eigenvalue weighted by molar-refractivity contribution is 5.62. The van der Waals surface area contributed by atoms with E-state index in [1.54, 1.807) is 12.1 Å². The molecule has 4 heteroatoms. The number of hydrogen-bond acceptors (Lipinski definition) is 4. The molecule has 0 atom stereocenters. The third-order valence-corrected chi connectivity index (χ3v) is 3.11. The van der Waals surface area contributed by atoms with Crippen LogP contribution in [-0.2, 0) is 0 Å². The van der Waals surface area contributed by atoms with Gasteiger partial charge in [0.05, 0.1) is 11.3 Å². The van der Waals surface area contributed by atoms with Gasteiger partial charge in [0.25, 0.3) is 0 Å². The minimum Gasteiger partial charge on any atom is -0.398 e. The molecule has 4 nitrogen and oxygen atoms in total. The van der Waals surface area contributed by atoms with Gasteiger partial charge in [-0.1, -0.05) is 0 Å². The molecule has 0 bridgehead atoms. The average molecular weight is 232 g/mol. The van der Waals surface area contributed by atoms with Crippen LogP contribution in [0, 0.1) is 11.3 Å². The standard InChI is InChI=1S/C13H20N4/c1-13(2,17(3)4)9-16-11-6-5-10(8-14)12(15)7-11/h5-7,16H,9,15H2,1-4H3. The fraction of sp³-hybridized carbons (Fsp3) is 0.462. The van der Waals surface area contributed by atoms with Crippen LogP contribution in [0.4, 0.5) is 11.4 Å². The monoisotopic (exact) mass is 232 g/mol. The molecule has 1 aromatic rings. The zero-order chi connectivity index (χ0) is 13.1. The predicted molar refractivity (Wildman–Crippen MR) is 71.8 cm³/mol. The van der Waals surface area contributed by atoms with Gasteiger partial charge >= 0.3 is 0 Å². The second-order valence-corrected chi connectivity index (χ2v) is 4.97. The van der Waals surface area contributed by atoms with Crippen LogP contribution in [0.5, 0.6) is 0 Å². The number of hydrogen-bond donors (Lipinski definition) is 2. The van der Waals surface area contributed by atoms with Crippen molar-refractivity contribution in [2.24, 2.45) is 0 Å². The van der Waals surface area contributed by atoms with Crippen molar-refractivity contribution in [2.45, 2.75) is 19.4 Å². The fourth-order valence-corrected chi connectivity index (χ4v) is 1.25. The third kappa shape index (κ3) is 3.36. The zero-order valence-electron chi connectivity index (χ0n) is 10.9. The molecule has 0 unspecified atom stereocenters. The van der Waals surface area contributed by atoms with E-state index in [4.69, 9.17) is 11.0 Å². The molecule has 1 aromatic carbocycles. The summed E-state index contributed by atoms with van der Waals surface area (Å²) in [6.07, 6.45) is 0. The maximum Gasteiger partial charge on any atom is 0.101 e. The smallest absolute Gasteiger partial charge is 0.101 e. The van der Waals surface area contributed by atoms with Gasteiger partial charge < -0.3 is 16.0 Å². The van der Waals surface area contributed by atoms with E-state index in [2.05, 4.69) is 44.2 Å². The molecule has 0 fully saturated rings. The Balaban J connectivity index is 2.72. The van der Waals surface area contributed by atoms with Crippen molar-refractivity contribution in [3.63, 3.8) is 0 Å². The summed E-state index contributed by atoms with van der Waals surface area (Å²) in [5, 5.41) is 12.1. The first-order valence-corrected chi connectivity index (χ1v) is 5.58. The summed E-state index contributed by atoms with van der Waals surface area (Å²) in [5.41, 5.74) is 7.79. The van der Waals surface area contributed by atoms with Crippen molar-refractivity contribution in [3.05, 3.63) is 23.8 Å². The van der Waals surface area contributed by atoms with Crippen LogP contribution < -0.4 is 11.1 Å². The lowest BCUT2D eigenvalue weighted by Gasteiger charge is -2.33. The van der Waals surface area contributed by atoms with E-state index in [1.807, 2.05) is 6.07 Å². The summed E-state index contributed by atoms with van der Waals surface area (Å²) in [5.74, 6) is 0. The van der Waals surface area contributed by atoms with E-state index < -0.39 is 0 Å². The lowest BCUT2D eigenvalue weighted by molar-refractivity contribution is 0.210. The molecular formula is C13H20N4. The van der Waals surface area contributed by atoms with Gasteiger partial charge in [-0.25, -0.2) is 0 Å². The summed E-state index contributed by atoms with van der Waals surface area (Å²) in [6, 6.07) is 7.46. The number of likely N-dealkylation sites (N-methyl/N-ethyl adjacent to an activating group) is 1. The molecule has 0 aliphatic carbocycles. The zero-order valence-corrected chi connectivity index (χ0v) is 10.9. The topological polar surface area (TPSA) is 65.1 Å². The molecule has 0 saturated heterocycles. The first kappa shape index (κ1) is 13.3. The van der Waals surface area contributed by atoms with Crippen LogP contribution in [-0.4, -0.2) is 31.1 Å². The summed E-state index contributed by atoms with van der Waals surface area (Å²) < 4.78 is 0. The van der Waals surface area contributed by atoms with Crippen molar-refractivity contribution in [1.82, 2.24) is 4.90 Å². The molecule has 0 aromatic heterocycles. The van der Waals surface area contributed by atoms with Crippen molar-refractivity contribution >= 4 is 11.4 Å². The number of benzene rings is 1. The molecule has 92 valence electrons. The minimum absolute atomic E-state index is 0.0582. The van der Waals surface area contributed by atoms with Gasteiger partial charge in [0.15, 0.2) is 0 Å². The maximum absolute atomic E-state index is 8.78. The Hall–Kier alpha value is -1.73. The third-order valence-electron chi connectivity index (χ3n) is 3.11. The van der Waals surface area contributed by atoms with Crippen LogP contribution in [0.2, 0.25) is 0 Å². The van der Waals surface area contributed by atoms with Crippen LogP contribution in [0.15, 0.2) is 18.2 Å². The summed E-state index contributed by atoms with van der Waals surface area (Å²) in [6.45, 7) is 5.13. The average Bonchev–Trinajstić information content (AvgIpc) is 2.26. The Morgan fingerprint density at radius 3 is 2.53 bits per heavy atom. The minimum atomic E-state index is 0.0582. The van der Waals surface area contributed by atoms with Crippen LogP contribution >= 0.6 is 0 Å². The molecule has 0 aliphatic heterocycles. The number of nitrogens with one attached hydrogen (secondary N) is 1. The van der Waals surface area contributed by atoms with Crippen LogP contribution in [0.3, 0.4) is 0 Å². The lowest BCUT2D eigenvalue weighted by atomic mass is 10.0. The van der Waals surface area contributed by atoms with E-state index in [1.165, 1.54) is 0 Å². The van der Waals surface area contributed by atoms with E-state index >= 15 is 0 Å². The Bertz CT molecular complexity index is 430. The fourth-order valence-electron chi connectivity index (χ4n) is 1.25. The lowest BCUT2D eigenvalue weighted by Crippen LogP contribution is -2.44. The van der Waals surface area contributed by atoms with Gasteiger partial charge in [-0.15, -0.1) is 0 Å². The molecule has 0 saturated carbocycles. The van der Waals surface area contributed by atoms with Gasteiger partial charge in [0, 0.05) is 17.8 Å². The van der Waals surface area contributed by atoms with E-state index in [9.17, 15) is 0 Å². The summed E-state index contributed by atoms with van der Waals surface area (Å²) in [4.78, 5) is 2.16. The van der Waals surface area contributed by atoms with Gasteiger partial charge in [-0.2, -0.15) is 5.26 Å². The van der Waals surface area contributed by atoms with Gasteiger partial charge in [-0.05, 0) is 46.1 Å². The Kier molecular flexibility index (Phi) is 3.97. The van der Waals surface area contributed by atoms with E-state index in [0.29, 0.717) is 11.3 Å². The van der Waals surface area contributed by atoms with Gasteiger partial charge in [-0.3, -0.25) is 0 Å². The number of nitrogen functional groups attached to an aromatic ring is 1. The van der Waals surface area contributed by atoms with Gasteiger partial charge in [0.2, 0.25) is 0 Å². The van der Waals surface area contributed by atoms with Crippen molar-refractivity contribution in [1.29, 1.82) is 5.26 Å². The first-order chi connectivity index (χ1) is 7.86. The molecule has 17 heavy (non-hydrogen) atoms. The van der Waals surface area contributed by atoms with Crippen molar-refractivity contribution in [2.75, 3.05) is 31.7 Å². The molecule has 0 aliphatic rings. The molecular weight excluding hydrogens is 212 g/mol. The number of anilines is 2. The first-order valence-electron chi connectivity index (χ1n) is 5.58. The Labute approximate surface area is 103 Å². The quantitative estimate of drug-likeness (QED) is 0.778. The Morgan fingerprint density at radius 1 is 1.41 bits per heavy atom. The molecule has 0 radical (unpaired) electrons. The predicted octanol–water partition coefficient (Wildman–Crippen LogP) is 1.89. The molecule has 0 heterocycles. The van der Waals surface area contributed by atoms with Crippen molar-refractivity contribution in [3.8, 4) is 6.07 Å². The largest absolute Gasteiger partial charge is 0.398 e. The normalized spacial score (nSPS) is 11.3. The molecule has 0 spiro atoms. The number of nitrogens with zero attached hydrogens (tertiary/aromatic N) is 2. The van der Waals surface area contributed by atoms with Crippen LogP contribution in [0.1, 0.15) is 19.4 Å². The van der Waals surface area contributed by atoms with E-state index in [-0.39, 0.29) is 5.54 Å². The van der Waals surface area contributed by atoms with Crippen molar-refractivity contribution < 1.29 is 0 Å². The molecule has 1 rings (SSSR count). The highest BCUT2D eigenvalue weighted by atomic mass is 15.2. The molecule has 3 N–H and O–H groups in total. The second-order valence-electron chi connectivity index (χ2n) is 4.97.